The van der Waals surface area contributed by atoms with Crippen LogP contribution >= 0.6 is 34.2 Å². The SMILES string of the molecule is CC(OC(=O)Nc1csnc1C#Cc1nc2nc(C3(CO)CC3)sc2s1)c1ccccc1. The average molecular weight is 483 g/mol. The quantitative estimate of drug-likeness (QED) is 0.391. The third kappa shape index (κ3) is 4.25. The summed E-state index contributed by atoms with van der Waals surface area (Å²) in [7, 11) is 0. The number of nitrogens with zero attached hydrogens (tertiary/aromatic N) is 3. The third-order valence-corrected chi connectivity index (χ3v) is 8.20. The van der Waals surface area contributed by atoms with Crippen molar-refractivity contribution < 1.29 is 14.6 Å². The van der Waals surface area contributed by atoms with E-state index in [1.807, 2.05) is 37.3 Å². The number of ether oxygens (including phenoxy) is 1. The highest BCUT2D eigenvalue weighted by atomic mass is 32.2. The fourth-order valence-corrected chi connectivity index (χ4v) is 5.92. The molecule has 32 heavy (non-hydrogen) atoms. The number of carbonyl (C=O) groups excluding carboxylic acids is 1. The zero-order valence-corrected chi connectivity index (χ0v) is 19.4. The van der Waals surface area contributed by atoms with Gasteiger partial charge in [-0.15, -0.1) is 11.3 Å². The second-order valence-electron chi connectivity index (χ2n) is 7.50. The number of anilines is 1. The summed E-state index contributed by atoms with van der Waals surface area (Å²) in [6.45, 7) is 1.95. The highest BCUT2D eigenvalue weighted by molar-refractivity contribution is 7.38. The molecule has 5 rings (SSSR count). The minimum Gasteiger partial charge on any atom is -0.441 e. The number of hydrogen-bond acceptors (Lipinski definition) is 9. The fourth-order valence-electron chi connectivity index (χ4n) is 3.13. The Morgan fingerprint density at radius 3 is 2.78 bits per heavy atom. The first-order chi connectivity index (χ1) is 15.6. The molecule has 1 aliphatic rings. The maximum absolute atomic E-state index is 12.3. The lowest BCUT2D eigenvalue weighted by atomic mass is 10.1. The predicted molar refractivity (Wildman–Crippen MR) is 126 cm³/mol. The van der Waals surface area contributed by atoms with Crippen LogP contribution in [0.15, 0.2) is 35.7 Å². The molecule has 0 aliphatic heterocycles. The van der Waals surface area contributed by atoms with Crippen LogP contribution in [0.1, 0.15) is 47.1 Å². The summed E-state index contributed by atoms with van der Waals surface area (Å²) < 4.78 is 10.7. The van der Waals surface area contributed by atoms with Gasteiger partial charge < -0.3 is 9.84 Å². The lowest BCUT2D eigenvalue weighted by Gasteiger charge is -2.13. The molecule has 0 radical (unpaired) electrons. The molecular weight excluding hydrogens is 464 g/mol. The fraction of sp³-hybridized carbons (Fsp3) is 0.273. The van der Waals surface area contributed by atoms with Gasteiger partial charge in [-0.3, -0.25) is 5.32 Å². The van der Waals surface area contributed by atoms with Gasteiger partial charge in [0.2, 0.25) is 0 Å². The van der Waals surface area contributed by atoms with Gasteiger partial charge in [-0.05, 0) is 48.7 Å². The Hall–Kier alpha value is -2.84. The van der Waals surface area contributed by atoms with Gasteiger partial charge in [0.05, 0.1) is 12.3 Å². The van der Waals surface area contributed by atoms with E-state index >= 15 is 0 Å². The van der Waals surface area contributed by atoms with Crippen molar-refractivity contribution >= 4 is 55.6 Å². The molecule has 1 aromatic carbocycles. The molecule has 1 fully saturated rings. The smallest absolute Gasteiger partial charge is 0.412 e. The van der Waals surface area contributed by atoms with Crippen LogP contribution in [0.3, 0.4) is 0 Å². The molecule has 4 aromatic rings. The zero-order chi connectivity index (χ0) is 22.1. The van der Waals surface area contributed by atoms with Crippen molar-refractivity contribution in [2.75, 3.05) is 11.9 Å². The molecule has 0 saturated heterocycles. The highest BCUT2D eigenvalue weighted by Crippen LogP contribution is 2.50. The number of amides is 1. The zero-order valence-electron chi connectivity index (χ0n) is 17.0. The van der Waals surface area contributed by atoms with Crippen molar-refractivity contribution in [2.45, 2.75) is 31.3 Å². The highest BCUT2D eigenvalue weighted by Gasteiger charge is 2.46. The molecule has 0 bridgehead atoms. The van der Waals surface area contributed by atoms with Gasteiger partial charge in [-0.2, -0.15) is 4.37 Å². The minimum absolute atomic E-state index is 0.132. The number of rotatable bonds is 5. The van der Waals surface area contributed by atoms with E-state index in [0.717, 1.165) is 27.4 Å². The number of benzene rings is 1. The van der Waals surface area contributed by atoms with Gasteiger partial charge >= 0.3 is 6.09 Å². The van der Waals surface area contributed by atoms with E-state index in [9.17, 15) is 9.90 Å². The van der Waals surface area contributed by atoms with Crippen LogP contribution in [0.25, 0.3) is 9.66 Å². The molecule has 1 atom stereocenters. The van der Waals surface area contributed by atoms with E-state index in [0.29, 0.717) is 22.0 Å². The third-order valence-electron chi connectivity index (χ3n) is 5.23. The first kappa shape index (κ1) is 21.0. The summed E-state index contributed by atoms with van der Waals surface area (Å²) >= 11 is 4.26. The van der Waals surface area contributed by atoms with Crippen LogP contribution in [-0.4, -0.2) is 32.1 Å². The molecule has 3 aromatic heterocycles. The molecule has 1 amide bonds. The van der Waals surface area contributed by atoms with Gasteiger partial charge in [0.1, 0.15) is 15.1 Å². The Labute approximate surface area is 196 Å². The van der Waals surface area contributed by atoms with E-state index < -0.39 is 6.09 Å². The Bertz CT molecular complexity index is 1300. The van der Waals surface area contributed by atoms with Crippen LogP contribution in [0.2, 0.25) is 0 Å². The van der Waals surface area contributed by atoms with Crippen molar-refractivity contribution in [3.8, 4) is 11.8 Å². The molecule has 10 heteroatoms. The standard InChI is InChI=1S/C22H18N4O3S3/c1-13(14-5-3-2-4-6-14)29-21(28)23-16-11-30-26-15(16)7-8-17-24-18-19(31-17)32-20(25-18)22(12-27)9-10-22/h2-6,11,13,27H,9-10,12H2,1H3,(H,23,28). The predicted octanol–water partition coefficient (Wildman–Crippen LogP) is 4.94. The number of hydrogen-bond donors (Lipinski definition) is 2. The van der Waals surface area contributed by atoms with Crippen LogP contribution in [0, 0.1) is 11.8 Å². The first-order valence-corrected chi connectivity index (χ1v) is 12.4. The lowest BCUT2D eigenvalue weighted by Crippen LogP contribution is -2.16. The number of aliphatic hydroxyl groups excluding tert-OH is 1. The van der Waals surface area contributed by atoms with E-state index in [1.165, 1.54) is 22.9 Å². The van der Waals surface area contributed by atoms with Crippen molar-refractivity contribution in [2.24, 2.45) is 0 Å². The number of nitrogens with one attached hydrogen (secondary N) is 1. The van der Waals surface area contributed by atoms with Gasteiger partial charge in [0, 0.05) is 10.8 Å². The summed E-state index contributed by atoms with van der Waals surface area (Å²) in [4.78, 5) is 21.4. The molecule has 162 valence electrons. The first-order valence-electron chi connectivity index (χ1n) is 9.94. The van der Waals surface area contributed by atoms with E-state index in [2.05, 4.69) is 31.5 Å². The minimum atomic E-state index is -0.561. The summed E-state index contributed by atoms with van der Waals surface area (Å²) in [6.07, 6.45) is 1.01. The average Bonchev–Trinajstić information content (AvgIpc) is 3.08. The number of fused-ring (bicyclic) bond motifs is 1. The molecule has 1 saturated carbocycles. The van der Waals surface area contributed by atoms with Gasteiger partial charge in [-0.25, -0.2) is 14.8 Å². The number of carbonyl (C=O) groups is 1. The molecular formula is C22H18N4O3S3. The molecule has 1 aliphatic carbocycles. The van der Waals surface area contributed by atoms with Crippen LogP contribution in [0.5, 0.6) is 0 Å². The number of aromatic nitrogens is 3. The second kappa shape index (κ2) is 8.60. The Morgan fingerprint density at radius 1 is 1.25 bits per heavy atom. The second-order valence-corrected chi connectivity index (χ2v) is 10.4. The van der Waals surface area contributed by atoms with Crippen molar-refractivity contribution in [1.82, 2.24) is 14.3 Å². The van der Waals surface area contributed by atoms with E-state index in [1.54, 1.807) is 16.7 Å². The van der Waals surface area contributed by atoms with Crippen LogP contribution in [0.4, 0.5) is 10.5 Å². The summed E-state index contributed by atoms with van der Waals surface area (Å²) in [6, 6.07) is 9.54. The van der Waals surface area contributed by atoms with E-state index in [4.69, 9.17) is 4.74 Å². The summed E-state index contributed by atoms with van der Waals surface area (Å²) in [5, 5.41) is 15.6. The van der Waals surface area contributed by atoms with Crippen molar-refractivity contribution in [3.05, 3.63) is 57.0 Å². The maximum Gasteiger partial charge on any atom is 0.412 e. The van der Waals surface area contributed by atoms with Crippen molar-refractivity contribution in [3.63, 3.8) is 0 Å². The normalized spacial score (nSPS) is 15.1. The monoisotopic (exact) mass is 482 g/mol. The van der Waals surface area contributed by atoms with Gasteiger partial charge in [0.25, 0.3) is 0 Å². The number of thiazole rings is 2. The summed E-state index contributed by atoms with van der Waals surface area (Å²) in [5.41, 5.74) is 2.41. The molecule has 7 nitrogen and oxygen atoms in total. The Balaban J connectivity index is 1.26. The Morgan fingerprint density at radius 2 is 2.06 bits per heavy atom. The maximum atomic E-state index is 12.3. The largest absolute Gasteiger partial charge is 0.441 e. The van der Waals surface area contributed by atoms with Crippen molar-refractivity contribution in [1.29, 1.82) is 0 Å². The lowest BCUT2D eigenvalue weighted by molar-refractivity contribution is 0.121. The molecule has 0 spiro atoms. The summed E-state index contributed by atoms with van der Waals surface area (Å²) in [5.74, 6) is 6.00. The Kier molecular flexibility index (Phi) is 5.65. The topological polar surface area (TPSA) is 97.2 Å². The van der Waals surface area contributed by atoms with Gasteiger partial charge in [-0.1, -0.05) is 41.7 Å². The van der Waals surface area contributed by atoms with Crippen LogP contribution in [-0.2, 0) is 10.2 Å². The van der Waals surface area contributed by atoms with Crippen LogP contribution < -0.4 is 5.32 Å². The molecule has 1 unspecified atom stereocenters. The van der Waals surface area contributed by atoms with Gasteiger partial charge in [0.15, 0.2) is 16.3 Å². The molecule has 2 N–H and O–H groups in total. The number of aliphatic hydroxyl groups is 1. The van der Waals surface area contributed by atoms with E-state index in [-0.39, 0.29) is 18.1 Å². The molecule has 3 heterocycles.